The second-order valence-electron chi connectivity index (χ2n) is 8.14. The van der Waals surface area contributed by atoms with Gasteiger partial charge in [-0.3, -0.25) is 14.9 Å². The molecule has 1 heterocycles. The lowest BCUT2D eigenvalue weighted by molar-refractivity contribution is -0.151. The molecule has 2 rings (SSSR count). The van der Waals surface area contributed by atoms with Crippen LogP contribution >= 0.6 is 0 Å². The molecule has 1 aliphatic heterocycles. The average molecular weight is 397 g/mol. The minimum Gasteiger partial charge on any atom is -0.480 e. The Labute approximate surface area is 168 Å². The summed E-state index contributed by atoms with van der Waals surface area (Å²) >= 11 is 0. The lowest BCUT2D eigenvalue weighted by atomic mass is 10.0. The summed E-state index contributed by atoms with van der Waals surface area (Å²) in [6, 6.07) is -1.90. The van der Waals surface area contributed by atoms with E-state index in [0.29, 0.717) is 19.4 Å². The van der Waals surface area contributed by atoms with E-state index >= 15 is 0 Å². The van der Waals surface area contributed by atoms with Crippen LogP contribution in [0.2, 0.25) is 0 Å². The summed E-state index contributed by atoms with van der Waals surface area (Å²) < 4.78 is 5.18. The predicted octanol–water partition coefficient (Wildman–Crippen LogP) is 2.72. The van der Waals surface area contributed by atoms with Crippen LogP contribution in [0.5, 0.6) is 0 Å². The molecule has 1 amide bonds. The number of hydrogen-bond acceptors (Lipinski definition) is 5. The van der Waals surface area contributed by atoms with Crippen molar-refractivity contribution in [1.29, 1.82) is 0 Å². The van der Waals surface area contributed by atoms with Gasteiger partial charge < -0.3 is 14.7 Å². The van der Waals surface area contributed by atoms with Gasteiger partial charge in [-0.1, -0.05) is 39.0 Å². The van der Waals surface area contributed by atoms with Gasteiger partial charge in [-0.2, -0.15) is 0 Å². The van der Waals surface area contributed by atoms with E-state index < -0.39 is 24.1 Å². The van der Waals surface area contributed by atoms with Crippen LogP contribution in [0.15, 0.2) is 0 Å². The number of esters is 1. The van der Waals surface area contributed by atoms with E-state index in [1.165, 1.54) is 0 Å². The number of carbonyl (C=O) groups is 3. The molecule has 0 aromatic rings. The molecule has 0 radical (unpaired) electrons. The van der Waals surface area contributed by atoms with Gasteiger partial charge in [0, 0.05) is 6.04 Å². The third kappa shape index (κ3) is 5.46. The quantitative estimate of drug-likeness (QED) is 0.412. The van der Waals surface area contributed by atoms with Gasteiger partial charge in [-0.15, -0.1) is 0 Å². The molecule has 1 saturated carbocycles. The van der Waals surface area contributed by atoms with E-state index in [4.69, 9.17) is 4.74 Å². The van der Waals surface area contributed by atoms with E-state index in [1.807, 2.05) is 0 Å². The van der Waals surface area contributed by atoms with Crippen molar-refractivity contribution in [2.45, 2.75) is 103 Å². The fourth-order valence-electron chi connectivity index (χ4n) is 4.71. The number of nitrogens with zero attached hydrogens (tertiary/aromatic N) is 1. The van der Waals surface area contributed by atoms with Gasteiger partial charge in [0.1, 0.15) is 12.1 Å². The third-order valence-corrected chi connectivity index (χ3v) is 6.12. The number of nitrogens with one attached hydrogen (secondary N) is 1. The van der Waals surface area contributed by atoms with Crippen molar-refractivity contribution in [1.82, 2.24) is 10.2 Å². The fourth-order valence-corrected chi connectivity index (χ4v) is 4.71. The summed E-state index contributed by atoms with van der Waals surface area (Å²) in [7, 11) is 0. The Kier molecular flexibility index (Phi) is 8.73. The minimum absolute atomic E-state index is 0.0171. The summed E-state index contributed by atoms with van der Waals surface area (Å²) in [5, 5.41) is 12.7. The fraction of sp³-hybridized carbons (Fsp3) is 0.857. The van der Waals surface area contributed by atoms with E-state index in [1.54, 1.807) is 18.7 Å². The van der Waals surface area contributed by atoms with Crippen LogP contribution in [0.4, 0.5) is 0 Å². The summed E-state index contributed by atoms with van der Waals surface area (Å²) in [4.78, 5) is 38.8. The van der Waals surface area contributed by atoms with Crippen molar-refractivity contribution in [3.8, 4) is 0 Å². The van der Waals surface area contributed by atoms with Crippen LogP contribution in [-0.2, 0) is 19.1 Å². The van der Waals surface area contributed by atoms with Gasteiger partial charge in [0.05, 0.1) is 12.6 Å². The zero-order chi connectivity index (χ0) is 20.7. The number of hydrogen-bond donors (Lipinski definition) is 2. The second-order valence-corrected chi connectivity index (χ2v) is 8.14. The van der Waals surface area contributed by atoms with Crippen molar-refractivity contribution in [3.05, 3.63) is 0 Å². The van der Waals surface area contributed by atoms with Crippen molar-refractivity contribution in [3.63, 3.8) is 0 Å². The standard InChI is InChI=1S/C21H36N2O5/c1-4-6-7-8-11-16(21(27)28-5-2)22-14(3)19(24)23-17-12-9-10-15(17)13-18(23)20(25)26/h14-18,22H,4-13H2,1-3H3,(H,25,26)/t14-,15-,16+,17-,18-/m0/s1. The Morgan fingerprint density at radius 1 is 1.18 bits per heavy atom. The van der Waals surface area contributed by atoms with Crippen molar-refractivity contribution < 1.29 is 24.2 Å². The number of unbranched alkanes of at least 4 members (excludes halogenated alkanes) is 3. The first kappa shape index (κ1) is 22.7. The number of carboxylic acids is 1. The number of ether oxygens (including phenoxy) is 1. The Hall–Kier alpha value is -1.63. The van der Waals surface area contributed by atoms with Crippen LogP contribution in [0.1, 0.15) is 78.6 Å². The molecule has 2 aliphatic rings. The lowest BCUT2D eigenvalue weighted by Crippen LogP contribution is -2.55. The summed E-state index contributed by atoms with van der Waals surface area (Å²) in [6.45, 7) is 5.92. The Balaban J connectivity index is 2.03. The molecule has 2 N–H and O–H groups in total. The lowest BCUT2D eigenvalue weighted by Gasteiger charge is -2.31. The smallest absolute Gasteiger partial charge is 0.326 e. The molecule has 1 aliphatic carbocycles. The van der Waals surface area contributed by atoms with Gasteiger partial charge >= 0.3 is 11.9 Å². The maximum atomic E-state index is 13.1. The molecule has 0 spiro atoms. The maximum absolute atomic E-state index is 13.1. The molecule has 0 unspecified atom stereocenters. The molecule has 7 nitrogen and oxygen atoms in total. The zero-order valence-electron chi connectivity index (χ0n) is 17.5. The normalized spacial score (nSPS) is 26.0. The first-order chi connectivity index (χ1) is 13.4. The highest BCUT2D eigenvalue weighted by atomic mass is 16.5. The number of carboxylic acid groups (broad SMARTS) is 1. The van der Waals surface area contributed by atoms with E-state index in [-0.39, 0.29) is 23.8 Å². The third-order valence-electron chi connectivity index (χ3n) is 6.12. The highest BCUT2D eigenvalue weighted by molar-refractivity contribution is 5.88. The molecule has 0 aromatic carbocycles. The number of likely N-dealkylation sites (tertiary alicyclic amines) is 1. The summed E-state index contributed by atoms with van der Waals surface area (Å²) in [5.41, 5.74) is 0. The Bertz CT molecular complexity index is 553. The molecule has 0 bridgehead atoms. The highest BCUT2D eigenvalue weighted by Gasteiger charge is 2.49. The average Bonchev–Trinajstić information content (AvgIpc) is 3.24. The molecule has 0 aromatic heterocycles. The SMILES string of the molecule is CCCCCC[C@@H](N[C@@H](C)C(=O)N1[C@H](C(=O)O)C[C@@H]2CCC[C@@H]21)C(=O)OCC. The predicted molar refractivity (Wildman–Crippen MR) is 106 cm³/mol. The number of carbonyl (C=O) groups excluding carboxylic acids is 2. The first-order valence-electron chi connectivity index (χ1n) is 10.9. The van der Waals surface area contributed by atoms with Crippen LogP contribution in [-0.4, -0.2) is 58.6 Å². The van der Waals surface area contributed by atoms with Crippen molar-refractivity contribution >= 4 is 17.8 Å². The van der Waals surface area contributed by atoms with Crippen LogP contribution in [0, 0.1) is 5.92 Å². The monoisotopic (exact) mass is 396 g/mol. The summed E-state index contributed by atoms with van der Waals surface area (Å²) in [5.74, 6) is -1.21. The molecular formula is C21H36N2O5. The van der Waals surface area contributed by atoms with Gasteiger partial charge in [0.25, 0.3) is 0 Å². The maximum Gasteiger partial charge on any atom is 0.326 e. The first-order valence-corrected chi connectivity index (χ1v) is 10.9. The van der Waals surface area contributed by atoms with Crippen LogP contribution in [0.3, 0.4) is 0 Å². The molecule has 160 valence electrons. The number of rotatable bonds is 11. The van der Waals surface area contributed by atoms with Crippen LogP contribution < -0.4 is 5.32 Å². The second kappa shape index (κ2) is 10.8. The van der Waals surface area contributed by atoms with Gasteiger partial charge in [-0.25, -0.2) is 4.79 Å². The molecule has 2 fully saturated rings. The van der Waals surface area contributed by atoms with Crippen LogP contribution in [0.25, 0.3) is 0 Å². The topological polar surface area (TPSA) is 95.9 Å². The van der Waals surface area contributed by atoms with Crippen molar-refractivity contribution in [2.75, 3.05) is 6.61 Å². The number of fused-ring (bicyclic) bond motifs is 1. The Morgan fingerprint density at radius 3 is 2.57 bits per heavy atom. The largest absolute Gasteiger partial charge is 0.480 e. The molecule has 5 atom stereocenters. The molecule has 1 saturated heterocycles. The van der Waals surface area contributed by atoms with Gasteiger partial charge in [0.2, 0.25) is 5.91 Å². The minimum atomic E-state index is -0.934. The van der Waals surface area contributed by atoms with Gasteiger partial charge in [-0.05, 0) is 45.4 Å². The van der Waals surface area contributed by atoms with E-state index in [0.717, 1.165) is 44.9 Å². The number of aliphatic carboxylic acids is 1. The van der Waals surface area contributed by atoms with Gasteiger partial charge in [0.15, 0.2) is 0 Å². The van der Waals surface area contributed by atoms with Crippen molar-refractivity contribution in [2.24, 2.45) is 5.92 Å². The van der Waals surface area contributed by atoms with E-state index in [2.05, 4.69) is 12.2 Å². The molecule has 28 heavy (non-hydrogen) atoms. The highest BCUT2D eigenvalue weighted by Crippen LogP contribution is 2.41. The summed E-state index contributed by atoms with van der Waals surface area (Å²) in [6.07, 6.45) is 8.19. The molecular weight excluding hydrogens is 360 g/mol. The zero-order valence-corrected chi connectivity index (χ0v) is 17.5. The number of amides is 1. The van der Waals surface area contributed by atoms with E-state index in [9.17, 15) is 19.5 Å². The Morgan fingerprint density at radius 2 is 1.93 bits per heavy atom. The molecule has 7 heteroatoms.